The molecule has 0 aliphatic rings. The van der Waals surface area contributed by atoms with Crippen LogP contribution in [0.5, 0.6) is 23.0 Å². The number of para-hydroxylation sites is 2. The van der Waals surface area contributed by atoms with Gasteiger partial charge in [-0.25, -0.2) is 0 Å². The van der Waals surface area contributed by atoms with Crippen LogP contribution in [0.4, 0.5) is 0 Å². The fourth-order valence-electron chi connectivity index (χ4n) is 4.75. The number of phenols is 4. The molecule has 4 aromatic carbocycles. The van der Waals surface area contributed by atoms with Gasteiger partial charge in [-0.15, -0.1) is 0 Å². The number of phenolic OH excluding ortho intramolecular Hbond substituents is 4. The lowest BCUT2D eigenvalue weighted by Crippen LogP contribution is -1.85. The Balaban J connectivity index is 0.000000235. The number of rotatable bonds is 16. The van der Waals surface area contributed by atoms with Gasteiger partial charge in [-0.2, -0.15) is 0 Å². The molecule has 0 atom stereocenters. The van der Waals surface area contributed by atoms with Crippen LogP contribution in [0.2, 0.25) is 0 Å². The molecule has 0 saturated heterocycles. The van der Waals surface area contributed by atoms with Gasteiger partial charge in [0.05, 0.1) is 9.79 Å². The second kappa shape index (κ2) is 23.8. The van der Waals surface area contributed by atoms with Gasteiger partial charge in [-0.1, -0.05) is 138 Å². The molecule has 5 heteroatoms. The van der Waals surface area contributed by atoms with Gasteiger partial charge in [-0.05, 0) is 85.3 Å². The Morgan fingerprint density at radius 2 is 0.733 bits per heavy atom. The molecule has 45 heavy (non-hydrogen) atoms. The Hall–Kier alpha value is -3.57. The largest absolute Gasteiger partial charge is 0.508 e. The Labute approximate surface area is 276 Å². The van der Waals surface area contributed by atoms with Gasteiger partial charge < -0.3 is 20.4 Å². The van der Waals surface area contributed by atoms with E-state index in [-0.39, 0.29) is 11.5 Å². The zero-order chi connectivity index (χ0) is 32.5. The number of hydrogen-bond acceptors (Lipinski definition) is 5. The second-order valence-electron chi connectivity index (χ2n) is 11.4. The van der Waals surface area contributed by atoms with Gasteiger partial charge in [0.2, 0.25) is 0 Å². The molecule has 0 radical (unpaired) electrons. The molecule has 0 fully saturated rings. The van der Waals surface area contributed by atoms with Gasteiger partial charge in [0, 0.05) is 0 Å². The Kier molecular flexibility index (Phi) is 19.9. The molecule has 0 unspecified atom stereocenters. The molecule has 4 N–H and O–H groups in total. The molecule has 0 bridgehead atoms. The van der Waals surface area contributed by atoms with Gasteiger partial charge in [0.25, 0.3) is 0 Å². The van der Waals surface area contributed by atoms with Gasteiger partial charge in [0.1, 0.15) is 23.0 Å². The maximum Gasteiger partial charge on any atom is 0.129 e. The van der Waals surface area contributed by atoms with Crippen LogP contribution in [0, 0.1) is 0 Å². The van der Waals surface area contributed by atoms with Crippen LogP contribution < -0.4 is 0 Å². The van der Waals surface area contributed by atoms with Crippen molar-refractivity contribution in [1.82, 2.24) is 0 Å². The summed E-state index contributed by atoms with van der Waals surface area (Å²) in [5.74, 6) is 1.18. The van der Waals surface area contributed by atoms with E-state index in [4.69, 9.17) is 10.2 Å². The summed E-state index contributed by atoms with van der Waals surface area (Å²) < 4.78 is 0. The first kappa shape index (κ1) is 37.6. The van der Waals surface area contributed by atoms with Crippen molar-refractivity contribution in [1.29, 1.82) is 0 Å². The lowest BCUT2D eigenvalue weighted by atomic mass is 10.1. The highest BCUT2D eigenvalue weighted by Crippen LogP contribution is 2.38. The maximum absolute atomic E-state index is 9.56. The molecule has 0 spiro atoms. The smallest absolute Gasteiger partial charge is 0.129 e. The number of unbranched alkanes of at least 4 members (excludes halogenated alkanes) is 10. The molecule has 244 valence electrons. The van der Waals surface area contributed by atoms with Crippen LogP contribution in [0.15, 0.2) is 107 Å². The highest BCUT2D eigenvalue weighted by atomic mass is 32.2. The predicted molar refractivity (Wildman–Crippen MR) is 191 cm³/mol. The van der Waals surface area contributed by atoms with E-state index in [0.717, 1.165) is 22.6 Å². The molecule has 0 aromatic heterocycles. The first-order chi connectivity index (χ1) is 21.9. The highest BCUT2D eigenvalue weighted by Gasteiger charge is 2.05. The first-order valence-corrected chi connectivity index (χ1v) is 17.5. The third-order valence-electron chi connectivity index (χ3n) is 7.46. The minimum absolute atomic E-state index is 0.228. The predicted octanol–water partition coefficient (Wildman–Crippen LogP) is 11.8. The summed E-state index contributed by atoms with van der Waals surface area (Å²) in [6, 6.07) is 29.3. The first-order valence-electron chi connectivity index (χ1n) is 16.7. The van der Waals surface area contributed by atoms with E-state index >= 15 is 0 Å². The van der Waals surface area contributed by atoms with Crippen molar-refractivity contribution >= 4 is 11.8 Å². The summed E-state index contributed by atoms with van der Waals surface area (Å²) in [7, 11) is 0. The van der Waals surface area contributed by atoms with Gasteiger partial charge in [0.15, 0.2) is 0 Å². The van der Waals surface area contributed by atoms with E-state index in [1.165, 1.54) is 99.9 Å². The summed E-state index contributed by atoms with van der Waals surface area (Å²) in [6.45, 7) is 4.49. The van der Waals surface area contributed by atoms with Crippen molar-refractivity contribution < 1.29 is 20.4 Å². The zero-order valence-corrected chi connectivity index (χ0v) is 28.2. The van der Waals surface area contributed by atoms with E-state index < -0.39 is 0 Å². The molecular formula is C40H54O4S. The monoisotopic (exact) mass is 630 g/mol. The summed E-state index contributed by atoms with van der Waals surface area (Å²) >= 11 is 1.34. The van der Waals surface area contributed by atoms with E-state index in [9.17, 15) is 10.2 Å². The van der Waals surface area contributed by atoms with Crippen molar-refractivity contribution in [2.24, 2.45) is 0 Å². The molecule has 0 amide bonds. The third-order valence-corrected chi connectivity index (χ3v) is 8.59. The van der Waals surface area contributed by atoms with Crippen molar-refractivity contribution in [2.75, 3.05) is 0 Å². The molecule has 0 aliphatic carbocycles. The van der Waals surface area contributed by atoms with E-state index in [1.807, 2.05) is 48.5 Å². The van der Waals surface area contributed by atoms with Crippen molar-refractivity contribution in [3.63, 3.8) is 0 Å². The van der Waals surface area contributed by atoms with E-state index in [2.05, 4.69) is 13.8 Å². The second-order valence-corrected chi connectivity index (χ2v) is 12.5. The van der Waals surface area contributed by atoms with Crippen LogP contribution in [0.1, 0.15) is 102 Å². The van der Waals surface area contributed by atoms with Crippen molar-refractivity contribution in [2.45, 2.75) is 114 Å². The Morgan fingerprint density at radius 1 is 0.400 bits per heavy atom. The molecule has 4 rings (SSSR count). The number of aromatic hydroxyl groups is 4. The molecule has 0 saturated carbocycles. The molecular weight excluding hydrogens is 577 g/mol. The van der Waals surface area contributed by atoms with Crippen LogP contribution in [0.3, 0.4) is 0 Å². The maximum atomic E-state index is 9.56. The third kappa shape index (κ3) is 17.5. The van der Waals surface area contributed by atoms with Crippen LogP contribution in [0.25, 0.3) is 0 Å². The normalized spacial score (nSPS) is 10.4. The lowest BCUT2D eigenvalue weighted by Gasteiger charge is -2.05. The van der Waals surface area contributed by atoms with E-state index in [0.29, 0.717) is 11.5 Å². The van der Waals surface area contributed by atoms with Crippen LogP contribution in [-0.4, -0.2) is 20.4 Å². The average Bonchev–Trinajstić information content (AvgIpc) is 3.05. The van der Waals surface area contributed by atoms with E-state index in [1.54, 1.807) is 48.5 Å². The number of benzene rings is 4. The summed E-state index contributed by atoms with van der Waals surface area (Å²) in [6.07, 6.45) is 18.4. The minimum Gasteiger partial charge on any atom is -0.508 e. The highest BCUT2D eigenvalue weighted by molar-refractivity contribution is 7.99. The standard InChI is InChI=1S/2C14H22O.C12H10O2S/c2*1-2-3-4-5-6-7-8-13-9-11-14(15)12-10-13;13-9-5-1-3-7-11(9)15-12-8-4-2-6-10(12)14/h2*9-12,15H,2-8H2,1H3;1-8,13-14H. The Morgan fingerprint density at radius 3 is 1.09 bits per heavy atom. The molecule has 0 aliphatic heterocycles. The lowest BCUT2D eigenvalue weighted by molar-refractivity contribution is 0.460. The Bertz CT molecular complexity index is 1190. The van der Waals surface area contributed by atoms with Gasteiger partial charge in [-0.3, -0.25) is 0 Å². The number of aryl methyl sites for hydroxylation is 2. The minimum atomic E-state index is 0.228. The van der Waals surface area contributed by atoms with Crippen molar-refractivity contribution in [3.05, 3.63) is 108 Å². The fraction of sp³-hybridized carbons (Fsp3) is 0.400. The van der Waals surface area contributed by atoms with Crippen LogP contribution in [-0.2, 0) is 12.8 Å². The topological polar surface area (TPSA) is 80.9 Å². The summed E-state index contributed by atoms with van der Waals surface area (Å²) in [5.41, 5.74) is 2.67. The summed E-state index contributed by atoms with van der Waals surface area (Å²) in [4.78, 5) is 1.47. The molecule has 4 nitrogen and oxygen atoms in total. The summed E-state index contributed by atoms with van der Waals surface area (Å²) in [5, 5.41) is 37.4. The number of hydrogen-bond donors (Lipinski definition) is 4. The van der Waals surface area contributed by atoms with Gasteiger partial charge >= 0.3 is 0 Å². The SMILES string of the molecule is CCCCCCCCc1ccc(O)cc1.CCCCCCCCc1ccc(O)cc1.Oc1ccccc1Sc1ccccc1O. The quantitative estimate of drug-likeness (QED) is 0.0926. The molecule has 0 heterocycles. The molecule has 4 aromatic rings. The van der Waals surface area contributed by atoms with Crippen molar-refractivity contribution in [3.8, 4) is 23.0 Å². The average molecular weight is 631 g/mol. The fourth-order valence-corrected chi connectivity index (χ4v) is 5.62. The van der Waals surface area contributed by atoms with Crippen LogP contribution >= 0.6 is 11.8 Å². The zero-order valence-electron chi connectivity index (χ0n) is 27.3.